The Hall–Kier alpha value is -1.96. The number of hydrogen-bond acceptors (Lipinski definition) is 4. The van der Waals surface area contributed by atoms with Gasteiger partial charge in [-0.1, -0.05) is 0 Å². The summed E-state index contributed by atoms with van der Waals surface area (Å²) in [6, 6.07) is 2.80. The van der Waals surface area contributed by atoms with E-state index in [1.807, 2.05) is 0 Å². The van der Waals surface area contributed by atoms with Gasteiger partial charge >= 0.3 is 0 Å². The molecule has 1 fully saturated rings. The normalized spacial score (nSPS) is 15.8. The van der Waals surface area contributed by atoms with E-state index in [2.05, 4.69) is 14.8 Å². The number of pyridine rings is 1. The minimum atomic E-state index is -3.87. The number of rotatable bonds is 4. The van der Waals surface area contributed by atoms with Crippen LogP contribution in [0.2, 0.25) is 0 Å². The van der Waals surface area contributed by atoms with E-state index >= 15 is 0 Å². The minimum Gasteiger partial charge on any atom is -0.268 e. The van der Waals surface area contributed by atoms with E-state index in [1.165, 1.54) is 24.7 Å². The second-order valence-corrected chi connectivity index (χ2v) is 6.36. The molecule has 2 aromatic heterocycles. The van der Waals surface area contributed by atoms with E-state index in [1.54, 1.807) is 4.68 Å². The van der Waals surface area contributed by atoms with Crippen molar-refractivity contribution in [3.63, 3.8) is 0 Å². The van der Waals surface area contributed by atoms with Crippen molar-refractivity contribution >= 4 is 15.8 Å². The molecule has 20 heavy (non-hydrogen) atoms. The Bertz CT molecular complexity index is 725. The zero-order valence-electron chi connectivity index (χ0n) is 10.5. The van der Waals surface area contributed by atoms with Gasteiger partial charge in [0, 0.05) is 12.4 Å². The van der Waals surface area contributed by atoms with Crippen LogP contribution in [0.15, 0.2) is 35.6 Å². The van der Waals surface area contributed by atoms with Crippen molar-refractivity contribution in [2.45, 2.75) is 30.2 Å². The third kappa shape index (κ3) is 2.38. The molecular formula is C12H13FN4O2S. The first kappa shape index (κ1) is 13.0. The molecule has 8 heteroatoms. The molecule has 1 aliphatic carbocycles. The predicted octanol–water partition coefficient (Wildman–Crippen LogP) is 1.94. The number of nitrogens with one attached hydrogen (secondary N) is 1. The van der Waals surface area contributed by atoms with Crippen molar-refractivity contribution in [3.05, 3.63) is 36.5 Å². The number of anilines is 1. The van der Waals surface area contributed by atoms with Crippen LogP contribution in [0.5, 0.6) is 0 Å². The van der Waals surface area contributed by atoms with E-state index in [9.17, 15) is 12.8 Å². The lowest BCUT2D eigenvalue weighted by molar-refractivity contribution is 0.289. The summed E-state index contributed by atoms with van der Waals surface area (Å²) in [5.41, 5.74) is 0. The second-order valence-electron chi connectivity index (χ2n) is 4.68. The summed E-state index contributed by atoms with van der Waals surface area (Å²) in [5, 5.41) is 4.05. The monoisotopic (exact) mass is 296 g/mol. The van der Waals surface area contributed by atoms with Gasteiger partial charge in [0.25, 0.3) is 10.0 Å². The zero-order chi connectivity index (χ0) is 14.2. The molecule has 0 bridgehead atoms. The SMILES string of the molecule is O=S(=O)(Nc1ncccc1F)c1cnn(C2CCC2)c1. The second kappa shape index (κ2) is 4.86. The molecule has 6 nitrogen and oxygen atoms in total. The lowest BCUT2D eigenvalue weighted by atomic mass is 9.93. The van der Waals surface area contributed by atoms with E-state index in [4.69, 9.17) is 0 Å². The van der Waals surface area contributed by atoms with Crippen molar-refractivity contribution in [1.82, 2.24) is 14.8 Å². The first-order valence-corrected chi connectivity index (χ1v) is 7.72. The van der Waals surface area contributed by atoms with Crippen molar-refractivity contribution in [2.75, 3.05) is 4.72 Å². The van der Waals surface area contributed by atoms with Gasteiger partial charge in [0.15, 0.2) is 11.6 Å². The largest absolute Gasteiger partial charge is 0.268 e. The van der Waals surface area contributed by atoms with Gasteiger partial charge in [-0.05, 0) is 31.4 Å². The molecule has 2 heterocycles. The van der Waals surface area contributed by atoms with Gasteiger partial charge in [0.2, 0.25) is 0 Å². The Morgan fingerprint density at radius 3 is 2.85 bits per heavy atom. The molecular weight excluding hydrogens is 283 g/mol. The van der Waals surface area contributed by atoms with Crippen LogP contribution >= 0.6 is 0 Å². The van der Waals surface area contributed by atoms with Crippen LogP contribution in [0.1, 0.15) is 25.3 Å². The van der Waals surface area contributed by atoms with Crippen molar-refractivity contribution in [2.24, 2.45) is 0 Å². The Morgan fingerprint density at radius 1 is 1.40 bits per heavy atom. The molecule has 0 aliphatic heterocycles. The van der Waals surface area contributed by atoms with Crippen LogP contribution in [-0.2, 0) is 10.0 Å². The summed E-state index contributed by atoms with van der Waals surface area (Å²) in [5.74, 6) is -1.04. The molecule has 2 aromatic rings. The quantitative estimate of drug-likeness (QED) is 0.935. The smallest absolute Gasteiger partial charge is 0.266 e. The molecule has 106 valence electrons. The Balaban J connectivity index is 1.84. The zero-order valence-corrected chi connectivity index (χ0v) is 11.3. The summed E-state index contributed by atoms with van der Waals surface area (Å²) in [7, 11) is -3.87. The number of hydrogen-bond donors (Lipinski definition) is 1. The van der Waals surface area contributed by atoms with Crippen molar-refractivity contribution in [1.29, 1.82) is 0 Å². The first-order chi connectivity index (χ1) is 9.56. The van der Waals surface area contributed by atoms with E-state index in [0.29, 0.717) is 0 Å². The van der Waals surface area contributed by atoms with Gasteiger partial charge in [-0.15, -0.1) is 0 Å². The van der Waals surface area contributed by atoms with Crippen LogP contribution in [-0.4, -0.2) is 23.2 Å². The van der Waals surface area contributed by atoms with Gasteiger partial charge in [-0.2, -0.15) is 5.10 Å². The van der Waals surface area contributed by atoms with Gasteiger partial charge in [-0.3, -0.25) is 9.40 Å². The van der Waals surface area contributed by atoms with Crippen LogP contribution < -0.4 is 4.72 Å². The molecule has 1 aliphatic rings. The average Bonchev–Trinajstić information content (AvgIpc) is 2.80. The van der Waals surface area contributed by atoms with E-state index < -0.39 is 15.8 Å². The van der Waals surface area contributed by atoms with Gasteiger partial charge < -0.3 is 0 Å². The van der Waals surface area contributed by atoms with Gasteiger partial charge in [-0.25, -0.2) is 17.8 Å². The highest BCUT2D eigenvalue weighted by Gasteiger charge is 2.24. The number of halogens is 1. The molecule has 0 amide bonds. The third-order valence-corrected chi connectivity index (χ3v) is 4.62. The molecule has 0 spiro atoms. The first-order valence-electron chi connectivity index (χ1n) is 6.24. The van der Waals surface area contributed by atoms with Crippen LogP contribution in [0.25, 0.3) is 0 Å². The predicted molar refractivity (Wildman–Crippen MR) is 70.1 cm³/mol. The average molecular weight is 296 g/mol. The standard InChI is InChI=1S/C12H13FN4O2S/c13-11-5-2-6-14-12(11)16-20(18,19)10-7-15-17(8-10)9-3-1-4-9/h2,5-9H,1,3-4H2,(H,14,16). The molecule has 1 saturated carbocycles. The Morgan fingerprint density at radius 2 is 2.20 bits per heavy atom. The molecule has 0 unspecified atom stereocenters. The van der Waals surface area contributed by atoms with Crippen LogP contribution in [0, 0.1) is 5.82 Å². The maximum Gasteiger partial charge on any atom is 0.266 e. The van der Waals surface area contributed by atoms with Gasteiger partial charge in [0.05, 0.1) is 12.2 Å². The van der Waals surface area contributed by atoms with Crippen molar-refractivity contribution < 1.29 is 12.8 Å². The number of sulfonamides is 1. The topological polar surface area (TPSA) is 76.9 Å². The maximum atomic E-state index is 13.4. The number of aromatic nitrogens is 3. The van der Waals surface area contributed by atoms with Crippen molar-refractivity contribution in [3.8, 4) is 0 Å². The summed E-state index contributed by atoms with van der Waals surface area (Å²) in [6.45, 7) is 0. The summed E-state index contributed by atoms with van der Waals surface area (Å²) < 4.78 is 41.4. The Labute approximate surface area is 115 Å². The van der Waals surface area contributed by atoms with E-state index in [0.717, 1.165) is 25.3 Å². The molecule has 0 atom stereocenters. The summed E-state index contributed by atoms with van der Waals surface area (Å²) in [4.78, 5) is 3.67. The van der Waals surface area contributed by atoms with Crippen LogP contribution in [0.3, 0.4) is 0 Å². The third-order valence-electron chi connectivity index (χ3n) is 3.33. The molecule has 0 radical (unpaired) electrons. The molecule has 0 saturated heterocycles. The van der Waals surface area contributed by atoms with Gasteiger partial charge in [0.1, 0.15) is 4.90 Å². The summed E-state index contributed by atoms with van der Waals surface area (Å²) in [6.07, 6.45) is 7.18. The minimum absolute atomic E-state index is 0.00875. The fourth-order valence-corrected chi connectivity index (χ4v) is 2.91. The van der Waals surface area contributed by atoms with E-state index in [-0.39, 0.29) is 16.8 Å². The highest BCUT2D eigenvalue weighted by atomic mass is 32.2. The molecule has 1 N–H and O–H groups in total. The summed E-state index contributed by atoms with van der Waals surface area (Å²) >= 11 is 0. The molecule has 0 aromatic carbocycles. The molecule has 3 rings (SSSR count). The number of nitrogens with zero attached hydrogens (tertiary/aromatic N) is 3. The van der Waals surface area contributed by atoms with Crippen LogP contribution in [0.4, 0.5) is 10.2 Å². The highest BCUT2D eigenvalue weighted by molar-refractivity contribution is 7.92. The Kier molecular flexibility index (Phi) is 3.17. The maximum absolute atomic E-state index is 13.4. The fraction of sp³-hybridized carbons (Fsp3) is 0.333. The fourth-order valence-electron chi connectivity index (χ4n) is 1.96. The highest BCUT2D eigenvalue weighted by Crippen LogP contribution is 2.31. The lowest BCUT2D eigenvalue weighted by Gasteiger charge is -2.25. The lowest BCUT2D eigenvalue weighted by Crippen LogP contribution is -2.17.